The van der Waals surface area contributed by atoms with Gasteiger partial charge in [-0.25, -0.2) is 4.79 Å². The monoisotopic (exact) mass is 316 g/mol. The van der Waals surface area contributed by atoms with Crippen LogP contribution in [0.1, 0.15) is 39.0 Å². The molecule has 0 bridgehead atoms. The molecule has 1 aliphatic heterocycles. The molecule has 0 radical (unpaired) electrons. The quantitative estimate of drug-likeness (QED) is 0.933. The predicted molar refractivity (Wildman–Crippen MR) is 92.6 cm³/mol. The van der Waals surface area contributed by atoms with Crippen molar-refractivity contribution in [3.05, 3.63) is 24.5 Å². The van der Waals surface area contributed by atoms with E-state index in [0.29, 0.717) is 12.0 Å². The zero-order chi connectivity index (χ0) is 16.1. The van der Waals surface area contributed by atoms with Crippen LogP contribution in [0.4, 0.5) is 10.5 Å². The summed E-state index contributed by atoms with van der Waals surface area (Å²) in [4.78, 5) is 20.9. The first kappa shape index (κ1) is 16.1. The number of piperazine rings is 1. The Morgan fingerprint density at radius 2 is 1.96 bits per heavy atom. The summed E-state index contributed by atoms with van der Waals surface area (Å²) in [5.41, 5.74) is 1.14. The summed E-state index contributed by atoms with van der Waals surface area (Å²) in [5, 5.41) is 3.23. The number of carbonyl (C=O) groups is 1. The first-order valence-corrected chi connectivity index (χ1v) is 8.94. The number of nitrogens with one attached hydrogen (secondary N) is 1. The van der Waals surface area contributed by atoms with E-state index >= 15 is 0 Å². The minimum atomic E-state index is 0.105. The van der Waals surface area contributed by atoms with E-state index in [1.165, 1.54) is 32.1 Å². The second kappa shape index (κ2) is 7.66. The normalized spacial score (nSPS) is 21.1. The number of carbonyl (C=O) groups excluding carboxylic acids is 1. The number of nitrogens with zero attached hydrogens (tertiary/aromatic N) is 3. The standard InChI is InChI=1S/C18H28N4O/c1-15(16-6-3-2-4-7-16)20-18(23)22-12-10-21(11-13-22)17-8-5-9-19-14-17/h5,8-9,14-16H,2-4,6-7,10-13H2,1H3,(H,20,23)/t15-/m1/s1. The average Bonchev–Trinajstić information content (AvgIpc) is 2.63. The zero-order valence-electron chi connectivity index (χ0n) is 14.1. The van der Waals surface area contributed by atoms with Gasteiger partial charge in [0, 0.05) is 38.4 Å². The Kier molecular flexibility index (Phi) is 5.36. The van der Waals surface area contributed by atoms with Gasteiger partial charge in [-0.1, -0.05) is 19.3 Å². The van der Waals surface area contributed by atoms with Gasteiger partial charge in [0.25, 0.3) is 0 Å². The third-order valence-corrected chi connectivity index (χ3v) is 5.29. The van der Waals surface area contributed by atoms with Crippen molar-refractivity contribution in [2.75, 3.05) is 31.1 Å². The predicted octanol–water partition coefficient (Wildman–Crippen LogP) is 2.88. The number of amides is 2. The fourth-order valence-corrected chi connectivity index (χ4v) is 3.75. The van der Waals surface area contributed by atoms with Crippen LogP contribution in [-0.4, -0.2) is 48.1 Å². The van der Waals surface area contributed by atoms with Gasteiger partial charge in [0.1, 0.15) is 0 Å². The number of aromatic nitrogens is 1. The summed E-state index contributed by atoms with van der Waals surface area (Å²) < 4.78 is 0. The maximum atomic E-state index is 12.5. The van der Waals surface area contributed by atoms with Gasteiger partial charge in [-0.2, -0.15) is 0 Å². The third-order valence-electron chi connectivity index (χ3n) is 5.29. The molecule has 126 valence electrons. The molecule has 1 aromatic rings. The number of hydrogen-bond donors (Lipinski definition) is 1. The third kappa shape index (κ3) is 4.15. The van der Waals surface area contributed by atoms with Crippen molar-refractivity contribution >= 4 is 11.7 Å². The Bertz CT molecular complexity index is 493. The van der Waals surface area contributed by atoms with Gasteiger partial charge in [0.05, 0.1) is 11.9 Å². The molecule has 2 aliphatic rings. The zero-order valence-corrected chi connectivity index (χ0v) is 14.1. The maximum Gasteiger partial charge on any atom is 0.317 e. The van der Waals surface area contributed by atoms with Crippen LogP contribution in [0.5, 0.6) is 0 Å². The highest BCUT2D eigenvalue weighted by Crippen LogP contribution is 2.26. The molecule has 3 rings (SSSR count). The smallest absolute Gasteiger partial charge is 0.317 e. The van der Waals surface area contributed by atoms with Crippen LogP contribution in [0.3, 0.4) is 0 Å². The molecule has 1 saturated carbocycles. The molecule has 1 atom stereocenters. The van der Waals surface area contributed by atoms with Crippen molar-refractivity contribution in [1.29, 1.82) is 0 Å². The van der Waals surface area contributed by atoms with Crippen molar-refractivity contribution in [3.8, 4) is 0 Å². The number of anilines is 1. The van der Waals surface area contributed by atoms with Gasteiger partial charge in [-0.05, 0) is 37.8 Å². The van der Waals surface area contributed by atoms with E-state index in [9.17, 15) is 4.79 Å². The Morgan fingerprint density at radius 1 is 1.22 bits per heavy atom. The number of urea groups is 1. The highest BCUT2D eigenvalue weighted by atomic mass is 16.2. The van der Waals surface area contributed by atoms with Crippen molar-refractivity contribution in [1.82, 2.24) is 15.2 Å². The fourth-order valence-electron chi connectivity index (χ4n) is 3.75. The van der Waals surface area contributed by atoms with Crippen LogP contribution < -0.4 is 10.2 Å². The number of pyridine rings is 1. The van der Waals surface area contributed by atoms with E-state index in [1.807, 2.05) is 17.2 Å². The first-order valence-electron chi connectivity index (χ1n) is 8.94. The molecule has 2 amide bonds. The molecular weight excluding hydrogens is 288 g/mol. The lowest BCUT2D eigenvalue weighted by Crippen LogP contribution is -2.54. The lowest BCUT2D eigenvalue weighted by molar-refractivity contribution is 0.182. The molecule has 1 saturated heterocycles. The largest absolute Gasteiger partial charge is 0.367 e. The summed E-state index contributed by atoms with van der Waals surface area (Å²) in [6, 6.07) is 4.43. The van der Waals surface area contributed by atoms with Gasteiger partial charge in [-0.3, -0.25) is 4.98 Å². The summed E-state index contributed by atoms with van der Waals surface area (Å²) in [6.07, 6.45) is 10.2. The van der Waals surface area contributed by atoms with Crippen LogP contribution in [0.2, 0.25) is 0 Å². The van der Waals surface area contributed by atoms with Gasteiger partial charge in [-0.15, -0.1) is 0 Å². The van der Waals surface area contributed by atoms with E-state index in [2.05, 4.69) is 28.2 Å². The van der Waals surface area contributed by atoms with Crippen LogP contribution in [-0.2, 0) is 0 Å². The number of hydrogen-bond acceptors (Lipinski definition) is 3. The molecule has 1 N–H and O–H groups in total. The molecule has 0 aromatic carbocycles. The lowest BCUT2D eigenvalue weighted by atomic mass is 9.84. The highest BCUT2D eigenvalue weighted by molar-refractivity contribution is 5.75. The molecule has 2 fully saturated rings. The maximum absolute atomic E-state index is 12.5. The summed E-state index contributed by atoms with van der Waals surface area (Å²) in [7, 11) is 0. The minimum Gasteiger partial charge on any atom is -0.367 e. The van der Waals surface area contributed by atoms with Gasteiger partial charge in [0.15, 0.2) is 0 Å². The van der Waals surface area contributed by atoms with Crippen molar-refractivity contribution in [2.24, 2.45) is 5.92 Å². The molecule has 0 spiro atoms. The minimum absolute atomic E-state index is 0.105. The van der Waals surface area contributed by atoms with E-state index < -0.39 is 0 Å². The molecule has 23 heavy (non-hydrogen) atoms. The van der Waals surface area contributed by atoms with Gasteiger partial charge < -0.3 is 15.1 Å². The van der Waals surface area contributed by atoms with Crippen molar-refractivity contribution < 1.29 is 4.79 Å². The van der Waals surface area contributed by atoms with E-state index in [-0.39, 0.29) is 6.03 Å². The topological polar surface area (TPSA) is 48.5 Å². The molecule has 2 heterocycles. The Hall–Kier alpha value is -1.78. The highest BCUT2D eigenvalue weighted by Gasteiger charge is 2.25. The first-order chi connectivity index (χ1) is 11.2. The molecule has 5 heteroatoms. The van der Waals surface area contributed by atoms with Crippen molar-refractivity contribution in [2.45, 2.75) is 45.1 Å². The summed E-state index contributed by atoms with van der Waals surface area (Å²) >= 11 is 0. The van der Waals surface area contributed by atoms with E-state index in [4.69, 9.17) is 0 Å². The number of rotatable bonds is 3. The van der Waals surface area contributed by atoms with Gasteiger partial charge >= 0.3 is 6.03 Å². The lowest BCUT2D eigenvalue weighted by Gasteiger charge is -2.37. The van der Waals surface area contributed by atoms with E-state index in [1.54, 1.807) is 6.20 Å². The summed E-state index contributed by atoms with van der Waals surface area (Å²) in [6.45, 7) is 5.46. The second-order valence-corrected chi connectivity index (χ2v) is 6.82. The second-order valence-electron chi connectivity index (χ2n) is 6.82. The SMILES string of the molecule is C[C@@H](NC(=O)N1CCN(c2cccnc2)CC1)C1CCCCC1. The fraction of sp³-hybridized carbons (Fsp3) is 0.667. The Labute approximate surface area is 139 Å². The summed E-state index contributed by atoms with van der Waals surface area (Å²) in [5.74, 6) is 0.657. The van der Waals surface area contributed by atoms with Crippen LogP contribution in [0.25, 0.3) is 0 Å². The molecular formula is C18H28N4O. The van der Waals surface area contributed by atoms with E-state index in [0.717, 1.165) is 31.9 Å². The molecule has 1 aromatic heterocycles. The average molecular weight is 316 g/mol. The van der Waals surface area contributed by atoms with Crippen molar-refractivity contribution in [3.63, 3.8) is 0 Å². The molecule has 1 aliphatic carbocycles. The molecule has 0 unspecified atom stereocenters. The van der Waals surface area contributed by atoms with Gasteiger partial charge in [0.2, 0.25) is 0 Å². The van der Waals surface area contributed by atoms with Crippen LogP contribution in [0, 0.1) is 5.92 Å². The Morgan fingerprint density at radius 3 is 2.61 bits per heavy atom. The van der Waals surface area contributed by atoms with Crippen LogP contribution in [0.15, 0.2) is 24.5 Å². The molecule has 5 nitrogen and oxygen atoms in total. The Balaban J connectivity index is 1.46. The van der Waals surface area contributed by atoms with Crippen LogP contribution >= 0.6 is 0 Å².